The number of hydrogen-bond donors (Lipinski definition) is 1. The number of carbonyl (C=O) groups excluding carboxylic acids is 2. The van der Waals surface area contributed by atoms with Crippen LogP contribution in [0.15, 0.2) is 58.5 Å². The summed E-state index contributed by atoms with van der Waals surface area (Å²) in [5, 5.41) is 3.46. The van der Waals surface area contributed by atoms with Gasteiger partial charge in [0.2, 0.25) is 5.91 Å². The summed E-state index contributed by atoms with van der Waals surface area (Å²) in [6.45, 7) is 7.93. The van der Waals surface area contributed by atoms with Crippen molar-refractivity contribution in [2.45, 2.75) is 37.2 Å². The van der Waals surface area contributed by atoms with Crippen LogP contribution in [0.3, 0.4) is 0 Å². The van der Waals surface area contributed by atoms with Crippen LogP contribution in [0.4, 0.5) is 5.69 Å². The van der Waals surface area contributed by atoms with Gasteiger partial charge in [-0.1, -0.05) is 36.0 Å². The normalized spacial score (nSPS) is 15.1. The van der Waals surface area contributed by atoms with Gasteiger partial charge in [0.25, 0.3) is 5.56 Å². The highest BCUT2D eigenvalue weighted by Crippen LogP contribution is 2.24. The van der Waals surface area contributed by atoms with E-state index in [-0.39, 0.29) is 17.2 Å². The highest BCUT2D eigenvalue weighted by Gasteiger charge is 2.20. The number of aromatic nitrogens is 2. The van der Waals surface area contributed by atoms with Crippen LogP contribution in [0, 0.1) is 0 Å². The molecule has 0 bridgehead atoms. The Bertz CT molecular complexity index is 1270. The fourth-order valence-electron chi connectivity index (χ4n) is 3.98. The number of Topliss-reactive ketones (excluding diaryl/α,β-unsaturated/α-hetero) is 1. The van der Waals surface area contributed by atoms with E-state index in [0.717, 1.165) is 39.3 Å². The predicted molar refractivity (Wildman–Crippen MR) is 138 cm³/mol. The van der Waals surface area contributed by atoms with Crippen molar-refractivity contribution in [3.05, 3.63) is 64.4 Å². The van der Waals surface area contributed by atoms with E-state index in [1.165, 1.54) is 18.7 Å². The largest absolute Gasteiger partial charge is 0.379 e. The molecule has 1 atom stereocenters. The molecule has 35 heavy (non-hydrogen) atoms. The smallest absolute Gasteiger partial charge is 0.262 e. The van der Waals surface area contributed by atoms with E-state index in [0.29, 0.717) is 33.9 Å². The Hall–Kier alpha value is -3.01. The van der Waals surface area contributed by atoms with E-state index in [4.69, 9.17) is 9.72 Å². The predicted octanol–water partition coefficient (Wildman–Crippen LogP) is 3.44. The lowest BCUT2D eigenvalue weighted by Crippen LogP contribution is -2.37. The quantitative estimate of drug-likeness (QED) is 0.277. The molecule has 0 unspecified atom stereocenters. The van der Waals surface area contributed by atoms with Crippen molar-refractivity contribution in [2.24, 2.45) is 0 Å². The topological polar surface area (TPSA) is 93.5 Å². The Morgan fingerprint density at radius 2 is 1.89 bits per heavy atom. The van der Waals surface area contributed by atoms with E-state index in [1.807, 2.05) is 18.2 Å². The van der Waals surface area contributed by atoms with Crippen LogP contribution in [-0.4, -0.2) is 64.2 Å². The van der Waals surface area contributed by atoms with E-state index in [2.05, 4.69) is 10.2 Å². The van der Waals surface area contributed by atoms with Crippen molar-refractivity contribution in [1.29, 1.82) is 0 Å². The lowest BCUT2D eigenvalue weighted by molar-refractivity contribution is -0.115. The van der Waals surface area contributed by atoms with Crippen LogP contribution in [0.1, 0.15) is 30.6 Å². The van der Waals surface area contributed by atoms with Gasteiger partial charge in [-0.2, -0.15) is 0 Å². The summed E-state index contributed by atoms with van der Waals surface area (Å²) in [7, 11) is 0. The number of morpholine rings is 1. The lowest BCUT2D eigenvalue weighted by Gasteiger charge is -2.26. The number of hydrogen-bond acceptors (Lipinski definition) is 7. The second-order valence-corrected chi connectivity index (χ2v) is 9.87. The van der Waals surface area contributed by atoms with Crippen LogP contribution in [-0.2, 0) is 16.1 Å². The summed E-state index contributed by atoms with van der Waals surface area (Å²) in [6.07, 6.45) is 0.798. The summed E-state index contributed by atoms with van der Waals surface area (Å²) >= 11 is 1.26. The molecule has 3 aromatic rings. The van der Waals surface area contributed by atoms with E-state index < -0.39 is 5.25 Å². The minimum atomic E-state index is -0.505. The van der Waals surface area contributed by atoms with Gasteiger partial charge in [-0.3, -0.25) is 23.9 Å². The minimum Gasteiger partial charge on any atom is -0.379 e. The molecule has 1 fully saturated rings. The molecule has 1 aromatic heterocycles. The van der Waals surface area contributed by atoms with Gasteiger partial charge in [-0.25, -0.2) is 4.98 Å². The van der Waals surface area contributed by atoms with Crippen LogP contribution in [0.2, 0.25) is 0 Å². The number of benzene rings is 2. The van der Waals surface area contributed by atoms with Crippen molar-refractivity contribution < 1.29 is 14.3 Å². The number of amides is 1. The number of para-hydroxylation sites is 1. The third-order valence-electron chi connectivity index (χ3n) is 5.97. The van der Waals surface area contributed by atoms with Crippen LogP contribution >= 0.6 is 11.8 Å². The SMILES string of the molecule is CC(=O)c1cccc(NC(=O)[C@@H](C)Sc2nc3ccccc3c(=O)n2CCCN2CCOCC2)c1. The number of ether oxygens (including phenoxy) is 1. The standard InChI is InChI=1S/C26H30N4O4S/c1-18(31)20-7-5-8-21(17-20)27-24(32)19(2)35-26-28-23-10-4-3-9-22(23)25(33)30(26)12-6-11-29-13-15-34-16-14-29/h3-5,7-10,17,19H,6,11-16H2,1-2H3,(H,27,32)/t19-/m1/s1. The van der Waals surface area contributed by atoms with E-state index in [9.17, 15) is 14.4 Å². The molecule has 1 aliphatic heterocycles. The van der Waals surface area contributed by atoms with Crippen molar-refractivity contribution in [3.8, 4) is 0 Å². The maximum absolute atomic E-state index is 13.3. The zero-order valence-corrected chi connectivity index (χ0v) is 20.8. The van der Waals surface area contributed by atoms with Crippen molar-refractivity contribution in [1.82, 2.24) is 14.5 Å². The van der Waals surface area contributed by atoms with Crippen molar-refractivity contribution in [3.63, 3.8) is 0 Å². The molecule has 0 aliphatic carbocycles. The van der Waals surface area contributed by atoms with E-state index >= 15 is 0 Å². The average Bonchev–Trinajstić information content (AvgIpc) is 2.86. The third-order valence-corrected chi connectivity index (χ3v) is 7.06. The molecule has 0 saturated carbocycles. The molecule has 1 N–H and O–H groups in total. The summed E-state index contributed by atoms with van der Waals surface area (Å²) in [5.41, 5.74) is 1.62. The number of fused-ring (bicyclic) bond motifs is 1. The number of thioether (sulfide) groups is 1. The van der Waals surface area contributed by atoms with Gasteiger partial charge in [-0.15, -0.1) is 0 Å². The number of carbonyl (C=O) groups is 2. The van der Waals surface area contributed by atoms with Crippen LogP contribution in [0.5, 0.6) is 0 Å². The summed E-state index contributed by atoms with van der Waals surface area (Å²) in [4.78, 5) is 45.0. The van der Waals surface area contributed by atoms with E-state index in [1.54, 1.807) is 41.8 Å². The Balaban J connectivity index is 1.51. The molecule has 184 valence electrons. The Kier molecular flexibility index (Phi) is 8.33. The maximum Gasteiger partial charge on any atom is 0.262 e. The van der Waals surface area contributed by atoms with Crippen LogP contribution in [0.25, 0.3) is 10.9 Å². The van der Waals surface area contributed by atoms with Gasteiger partial charge < -0.3 is 10.1 Å². The zero-order valence-electron chi connectivity index (χ0n) is 20.0. The molecular formula is C26H30N4O4S. The lowest BCUT2D eigenvalue weighted by atomic mass is 10.1. The fourth-order valence-corrected chi connectivity index (χ4v) is 4.92. The number of ketones is 1. The highest BCUT2D eigenvalue weighted by atomic mass is 32.2. The molecule has 1 amide bonds. The van der Waals surface area contributed by atoms with Gasteiger partial charge in [0.1, 0.15) is 0 Å². The molecule has 4 rings (SSSR count). The number of anilines is 1. The monoisotopic (exact) mass is 494 g/mol. The molecule has 2 heterocycles. The molecular weight excluding hydrogens is 464 g/mol. The fraction of sp³-hybridized carbons (Fsp3) is 0.385. The third kappa shape index (κ3) is 6.36. The van der Waals surface area contributed by atoms with Gasteiger partial charge in [0, 0.05) is 37.4 Å². The number of nitrogens with one attached hydrogen (secondary N) is 1. The van der Waals surface area contributed by atoms with Gasteiger partial charge >= 0.3 is 0 Å². The zero-order chi connectivity index (χ0) is 24.8. The highest BCUT2D eigenvalue weighted by molar-refractivity contribution is 8.00. The Morgan fingerprint density at radius 1 is 1.11 bits per heavy atom. The molecule has 0 radical (unpaired) electrons. The first-order valence-electron chi connectivity index (χ1n) is 11.8. The molecule has 0 spiro atoms. The molecule has 1 aliphatic rings. The Morgan fingerprint density at radius 3 is 2.66 bits per heavy atom. The second kappa shape index (κ2) is 11.6. The first kappa shape index (κ1) is 25.1. The van der Waals surface area contributed by atoms with Gasteiger partial charge in [0.05, 0.1) is 29.4 Å². The number of rotatable bonds is 9. The first-order valence-corrected chi connectivity index (χ1v) is 12.7. The molecule has 9 heteroatoms. The van der Waals surface area contributed by atoms with Gasteiger partial charge in [-0.05, 0) is 44.5 Å². The van der Waals surface area contributed by atoms with Crippen molar-refractivity contribution >= 4 is 40.0 Å². The number of nitrogens with zero attached hydrogens (tertiary/aromatic N) is 3. The summed E-state index contributed by atoms with van der Waals surface area (Å²) < 4.78 is 7.10. The average molecular weight is 495 g/mol. The second-order valence-electron chi connectivity index (χ2n) is 8.56. The van der Waals surface area contributed by atoms with Gasteiger partial charge in [0.15, 0.2) is 10.9 Å². The molecule has 1 saturated heterocycles. The molecule has 2 aromatic carbocycles. The van der Waals surface area contributed by atoms with Crippen LogP contribution < -0.4 is 10.9 Å². The maximum atomic E-state index is 13.3. The minimum absolute atomic E-state index is 0.0648. The Labute approximate surface area is 208 Å². The molecule has 8 nitrogen and oxygen atoms in total. The summed E-state index contributed by atoms with van der Waals surface area (Å²) in [6, 6.07) is 14.1. The van der Waals surface area contributed by atoms with Crippen molar-refractivity contribution in [2.75, 3.05) is 38.2 Å². The summed E-state index contributed by atoms with van der Waals surface area (Å²) in [5.74, 6) is -0.289. The first-order chi connectivity index (χ1) is 16.9.